The molecule has 0 radical (unpaired) electrons. The molecule has 21 heavy (non-hydrogen) atoms. The van der Waals surface area contributed by atoms with Crippen LogP contribution in [-0.2, 0) is 0 Å². The van der Waals surface area contributed by atoms with Gasteiger partial charge in [0.1, 0.15) is 5.82 Å². The summed E-state index contributed by atoms with van der Waals surface area (Å²) in [6, 6.07) is 0.524. The average Bonchev–Trinajstić information content (AvgIpc) is 2.96. The van der Waals surface area contributed by atoms with Crippen LogP contribution in [-0.4, -0.2) is 27.0 Å². The SMILES string of the molecule is CCCNc1cn2ccnc2c(NC2CCC(C)CC2)n1. The van der Waals surface area contributed by atoms with Gasteiger partial charge in [-0.25, -0.2) is 9.97 Å². The summed E-state index contributed by atoms with van der Waals surface area (Å²) in [5.74, 6) is 2.68. The van der Waals surface area contributed by atoms with Crippen LogP contribution in [0.1, 0.15) is 46.0 Å². The molecule has 2 aromatic rings. The van der Waals surface area contributed by atoms with Crippen LogP contribution in [0.25, 0.3) is 5.65 Å². The fourth-order valence-electron chi connectivity index (χ4n) is 2.96. The van der Waals surface area contributed by atoms with E-state index in [4.69, 9.17) is 4.98 Å². The normalized spacial score (nSPS) is 22.4. The molecule has 1 aliphatic carbocycles. The number of hydrogen-bond acceptors (Lipinski definition) is 4. The topological polar surface area (TPSA) is 54.2 Å². The van der Waals surface area contributed by atoms with Crippen molar-refractivity contribution in [3.63, 3.8) is 0 Å². The Balaban J connectivity index is 1.80. The molecule has 0 amide bonds. The molecule has 2 heterocycles. The van der Waals surface area contributed by atoms with Crippen LogP contribution in [0.5, 0.6) is 0 Å². The second-order valence-electron chi connectivity index (χ2n) is 6.16. The van der Waals surface area contributed by atoms with Crippen LogP contribution in [0, 0.1) is 5.92 Å². The van der Waals surface area contributed by atoms with Gasteiger partial charge < -0.3 is 15.0 Å². The minimum atomic E-state index is 0.524. The van der Waals surface area contributed by atoms with Crippen molar-refractivity contribution in [1.29, 1.82) is 0 Å². The van der Waals surface area contributed by atoms with Gasteiger partial charge in [0.15, 0.2) is 11.5 Å². The number of rotatable bonds is 5. The standard InChI is InChI=1S/C16H25N5/c1-3-8-17-14-11-21-10-9-18-16(21)15(20-14)19-13-6-4-12(2)5-7-13/h9-13,17H,3-8H2,1-2H3,(H,19,20). The number of aromatic nitrogens is 3. The lowest BCUT2D eigenvalue weighted by Gasteiger charge is -2.27. The Labute approximate surface area is 126 Å². The second-order valence-corrected chi connectivity index (χ2v) is 6.16. The van der Waals surface area contributed by atoms with Crippen molar-refractivity contribution in [2.24, 2.45) is 5.92 Å². The second kappa shape index (κ2) is 6.33. The van der Waals surface area contributed by atoms with Gasteiger partial charge in [0.05, 0.1) is 6.20 Å². The summed E-state index contributed by atoms with van der Waals surface area (Å²) in [6.45, 7) is 5.44. The summed E-state index contributed by atoms with van der Waals surface area (Å²) < 4.78 is 2.04. The van der Waals surface area contributed by atoms with Crippen molar-refractivity contribution in [2.45, 2.75) is 52.0 Å². The molecule has 114 valence electrons. The summed E-state index contributed by atoms with van der Waals surface area (Å²) in [7, 11) is 0. The Hall–Kier alpha value is -1.78. The third-order valence-corrected chi connectivity index (χ3v) is 4.29. The summed E-state index contributed by atoms with van der Waals surface area (Å²) in [6.07, 6.45) is 12.0. The van der Waals surface area contributed by atoms with Crippen molar-refractivity contribution < 1.29 is 0 Å². The highest BCUT2D eigenvalue weighted by Gasteiger charge is 2.19. The molecule has 2 N–H and O–H groups in total. The van der Waals surface area contributed by atoms with E-state index in [0.717, 1.165) is 36.2 Å². The van der Waals surface area contributed by atoms with Gasteiger partial charge in [0.25, 0.3) is 0 Å². The molecule has 2 aromatic heterocycles. The highest BCUT2D eigenvalue weighted by Crippen LogP contribution is 2.27. The van der Waals surface area contributed by atoms with Crippen LogP contribution in [0.4, 0.5) is 11.6 Å². The van der Waals surface area contributed by atoms with Crippen LogP contribution >= 0.6 is 0 Å². The quantitative estimate of drug-likeness (QED) is 0.883. The molecule has 0 bridgehead atoms. The van der Waals surface area contributed by atoms with Gasteiger partial charge >= 0.3 is 0 Å². The first-order valence-electron chi connectivity index (χ1n) is 8.10. The maximum absolute atomic E-state index is 4.72. The Bertz CT molecular complexity index is 583. The molecule has 3 rings (SSSR count). The molecule has 0 aromatic carbocycles. The third-order valence-electron chi connectivity index (χ3n) is 4.29. The van der Waals surface area contributed by atoms with Gasteiger partial charge in [-0.05, 0) is 38.0 Å². The lowest BCUT2D eigenvalue weighted by Crippen LogP contribution is -2.26. The number of fused-ring (bicyclic) bond motifs is 1. The van der Waals surface area contributed by atoms with Crippen LogP contribution in [0.2, 0.25) is 0 Å². The minimum Gasteiger partial charge on any atom is -0.369 e. The lowest BCUT2D eigenvalue weighted by atomic mass is 9.87. The van der Waals surface area contributed by atoms with Gasteiger partial charge in [0, 0.05) is 25.0 Å². The highest BCUT2D eigenvalue weighted by atomic mass is 15.2. The van der Waals surface area contributed by atoms with Crippen LogP contribution < -0.4 is 10.6 Å². The lowest BCUT2D eigenvalue weighted by molar-refractivity contribution is 0.361. The summed E-state index contributed by atoms with van der Waals surface area (Å²) in [4.78, 5) is 9.15. The molecule has 1 aliphatic rings. The molecule has 1 fully saturated rings. The summed E-state index contributed by atoms with van der Waals surface area (Å²) >= 11 is 0. The van der Waals surface area contributed by atoms with Crippen molar-refractivity contribution in [3.8, 4) is 0 Å². The fraction of sp³-hybridized carbons (Fsp3) is 0.625. The van der Waals surface area contributed by atoms with E-state index in [1.54, 1.807) is 0 Å². The highest BCUT2D eigenvalue weighted by molar-refractivity contribution is 5.65. The minimum absolute atomic E-state index is 0.524. The maximum Gasteiger partial charge on any atom is 0.180 e. The van der Waals surface area contributed by atoms with E-state index in [9.17, 15) is 0 Å². The Morgan fingerprint density at radius 2 is 2.10 bits per heavy atom. The smallest absolute Gasteiger partial charge is 0.180 e. The van der Waals surface area contributed by atoms with Gasteiger partial charge in [-0.2, -0.15) is 0 Å². The van der Waals surface area contributed by atoms with E-state index >= 15 is 0 Å². The Morgan fingerprint density at radius 1 is 1.29 bits per heavy atom. The number of imidazole rings is 1. The Morgan fingerprint density at radius 3 is 2.86 bits per heavy atom. The maximum atomic E-state index is 4.72. The number of nitrogens with zero attached hydrogens (tertiary/aromatic N) is 3. The van der Waals surface area contributed by atoms with E-state index in [1.165, 1.54) is 25.7 Å². The predicted octanol–water partition coefficient (Wildman–Crippen LogP) is 3.54. The summed E-state index contributed by atoms with van der Waals surface area (Å²) in [5, 5.41) is 6.97. The van der Waals surface area contributed by atoms with E-state index in [-0.39, 0.29) is 0 Å². The molecule has 0 atom stereocenters. The average molecular weight is 287 g/mol. The van der Waals surface area contributed by atoms with Gasteiger partial charge in [-0.3, -0.25) is 0 Å². The third kappa shape index (κ3) is 3.28. The zero-order chi connectivity index (χ0) is 14.7. The monoisotopic (exact) mass is 287 g/mol. The molecule has 0 spiro atoms. The number of hydrogen-bond donors (Lipinski definition) is 2. The molecule has 0 unspecified atom stereocenters. The fourth-order valence-corrected chi connectivity index (χ4v) is 2.96. The van der Waals surface area contributed by atoms with Crippen molar-refractivity contribution in [1.82, 2.24) is 14.4 Å². The molecule has 0 saturated heterocycles. The van der Waals surface area contributed by atoms with E-state index in [2.05, 4.69) is 29.5 Å². The summed E-state index contributed by atoms with van der Waals surface area (Å²) in [5.41, 5.74) is 0.913. The zero-order valence-electron chi connectivity index (χ0n) is 13.0. The molecule has 5 heteroatoms. The first-order chi connectivity index (χ1) is 10.3. The van der Waals surface area contributed by atoms with Crippen LogP contribution in [0.15, 0.2) is 18.6 Å². The van der Waals surface area contributed by atoms with Crippen LogP contribution in [0.3, 0.4) is 0 Å². The molecular formula is C16H25N5. The van der Waals surface area contributed by atoms with E-state index in [0.29, 0.717) is 6.04 Å². The molecule has 5 nitrogen and oxygen atoms in total. The first-order valence-corrected chi connectivity index (χ1v) is 8.10. The van der Waals surface area contributed by atoms with Gasteiger partial charge in [-0.15, -0.1) is 0 Å². The van der Waals surface area contributed by atoms with Crippen molar-refractivity contribution in [3.05, 3.63) is 18.6 Å². The number of nitrogens with one attached hydrogen (secondary N) is 2. The van der Waals surface area contributed by atoms with Gasteiger partial charge in [0.2, 0.25) is 0 Å². The van der Waals surface area contributed by atoms with Gasteiger partial charge in [-0.1, -0.05) is 13.8 Å². The largest absolute Gasteiger partial charge is 0.369 e. The van der Waals surface area contributed by atoms with Crippen molar-refractivity contribution >= 4 is 17.3 Å². The Kier molecular flexibility index (Phi) is 4.27. The molecular weight excluding hydrogens is 262 g/mol. The predicted molar refractivity (Wildman–Crippen MR) is 86.8 cm³/mol. The first kappa shape index (κ1) is 14.2. The zero-order valence-corrected chi connectivity index (χ0v) is 13.0. The van der Waals surface area contributed by atoms with E-state index in [1.807, 2.05) is 23.0 Å². The van der Waals surface area contributed by atoms with E-state index < -0.39 is 0 Å². The van der Waals surface area contributed by atoms with Crippen molar-refractivity contribution in [2.75, 3.05) is 17.2 Å². The molecule has 0 aliphatic heterocycles. The molecule has 1 saturated carbocycles. The number of anilines is 2.